The standard InChI is InChI=1S/C21H40O4S/c1-2-3-18-21(22)19-16-14-12-10-8-6-4-5-7-9-11-13-15-17-20-26(23,24)25/h21-22H,2-16,18-19H2,1H3,(H,23,24,25). The van der Waals surface area contributed by atoms with Gasteiger partial charge in [0.15, 0.2) is 0 Å². The van der Waals surface area contributed by atoms with E-state index >= 15 is 0 Å². The summed E-state index contributed by atoms with van der Waals surface area (Å²) in [5.41, 5.74) is 0. The van der Waals surface area contributed by atoms with Crippen LogP contribution in [0, 0.1) is 11.2 Å². The van der Waals surface area contributed by atoms with Crippen molar-refractivity contribution < 1.29 is 18.1 Å². The second-order valence-electron chi connectivity index (χ2n) is 7.33. The molecule has 0 rings (SSSR count). The molecule has 0 spiro atoms. The molecule has 0 fully saturated rings. The van der Waals surface area contributed by atoms with E-state index in [2.05, 4.69) is 12.8 Å². The predicted octanol–water partition coefficient (Wildman–Crippen LogP) is 5.85. The van der Waals surface area contributed by atoms with E-state index in [1.807, 2.05) is 5.25 Å². The van der Waals surface area contributed by atoms with Crippen molar-refractivity contribution in [2.24, 2.45) is 0 Å². The van der Waals surface area contributed by atoms with Crippen LogP contribution < -0.4 is 0 Å². The third-order valence-corrected chi connectivity index (χ3v) is 5.08. The summed E-state index contributed by atoms with van der Waals surface area (Å²) in [5, 5.41) is 11.6. The summed E-state index contributed by atoms with van der Waals surface area (Å²) >= 11 is 0. The number of unbranched alkanes of at least 4 members (excludes halogenated alkanes) is 13. The van der Waals surface area contributed by atoms with Gasteiger partial charge in [-0.15, -0.1) is 0 Å². The molecule has 0 aromatic heterocycles. The Bertz CT molecular complexity index is 462. The lowest BCUT2D eigenvalue weighted by molar-refractivity contribution is 0.148. The third-order valence-electron chi connectivity index (χ3n) is 4.68. The fourth-order valence-corrected chi connectivity index (χ4v) is 3.37. The summed E-state index contributed by atoms with van der Waals surface area (Å²) in [4.78, 5) is 0. The van der Waals surface area contributed by atoms with Crippen LogP contribution in [-0.2, 0) is 10.1 Å². The fourth-order valence-electron chi connectivity index (χ4n) is 3.09. The van der Waals surface area contributed by atoms with E-state index < -0.39 is 10.1 Å². The molecule has 0 radical (unpaired) electrons. The number of hydrogen-bond donors (Lipinski definition) is 2. The van der Waals surface area contributed by atoms with Gasteiger partial charge in [-0.2, -0.15) is 8.42 Å². The van der Waals surface area contributed by atoms with E-state index in [0.717, 1.165) is 32.1 Å². The van der Waals surface area contributed by atoms with Crippen molar-refractivity contribution in [1.82, 2.24) is 0 Å². The number of aliphatic hydroxyl groups is 1. The van der Waals surface area contributed by atoms with Gasteiger partial charge in [0.05, 0.1) is 11.4 Å². The van der Waals surface area contributed by atoms with Crippen LogP contribution in [0.15, 0.2) is 0 Å². The lowest BCUT2D eigenvalue weighted by Crippen LogP contribution is -2.05. The highest BCUT2D eigenvalue weighted by molar-refractivity contribution is 7.90. The molecule has 0 saturated carbocycles. The number of hydrogen-bond acceptors (Lipinski definition) is 3. The Morgan fingerprint density at radius 2 is 1.15 bits per heavy atom. The topological polar surface area (TPSA) is 74.6 Å². The highest BCUT2D eigenvalue weighted by atomic mass is 32.2. The van der Waals surface area contributed by atoms with Gasteiger partial charge in [-0.05, 0) is 19.3 Å². The molecule has 5 heteroatoms. The first-order valence-electron chi connectivity index (χ1n) is 10.6. The third kappa shape index (κ3) is 21.5. The van der Waals surface area contributed by atoms with Gasteiger partial charge in [-0.3, -0.25) is 4.55 Å². The molecular formula is C21H40O4S. The predicted molar refractivity (Wildman–Crippen MR) is 109 cm³/mol. The SMILES string of the molecule is CCCCC(O)CCCCCCCCCCCCCCC#CS(=O)(=O)O. The molecule has 4 nitrogen and oxygen atoms in total. The number of rotatable bonds is 17. The van der Waals surface area contributed by atoms with Crippen LogP contribution >= 0.6 is 0 Å². The minimum Gasteiger partial charge on any atom is -0.393 e. The van der Waals surface area contributed by atoms with E-state index in [4.69, 9.17) is 4.55 Å². The molecule has 26 heavy (non-hydrogen) atoms. The van der Waals surface area contributed by atoms with Crippen LogP contribution in [0.1, 0.15) is 116 Å². The molecule has 0 heterocycles. The molecule has 0 aliphatic carbocycles. The van der Waals surface area contributed by atoms with Crippen LogP contribution in [-0.4, -0.2) is 24.2 Å². The Morgan fingerprint density at radius 1 is 0.731 bits per heavy atom. The zero-order valence-electron chi connectivity index (χ0n) is 16.7. The maximum Gasteiger partial charge on any atom is 0.335 e. The molecule has 0 bridgehead atoms. The fraction of sp³-hybridized carbons (Fsp3) is 0.905. The largest absolute Gasteiger partial charge is 0.393 e. The van der Waals surface area contributed by atoms with Gasteiger partial charge in [-0.25, -0.2) is 0 Å². The smallest absolute Gasteiger partial charge is 0.335 e. The molecule has 1 unspecified atom stereocenters. The van der Waals surface area contributed by atoms with Crippen molar-refractivity contribution in [3.63, 3.8) is 0 Å². The maximum absolute atomic E-state index is 10.4. The van der Waals surface area contributed by atoms with Crippen molar-refractivity contribution in [2.75, 3.05) is 0 Å². The molecule has 1 atom stereocenters. The lowest BCUT2D eigenvalue weighted by atomic mass is 10.0. The minimum atomic E-state index is -4.12. The van der Waals surface area contributed by atoms with Gasteiger partial charge in [-0.1, -0.05) is 96.3 Å². The van der Waals surface area contributed by atoms with Crippen LogP contribution in [0.25, 0.3) is 0 Å². The summed E-state index contributed by atoms with van der Waals surface area (Å²) in [6.07, 6.45) is 19.4. The molecule has 0 saturated heterocycles. The van der Waals surface area contributed by atoms with Crippen molar-refractivity contribution in [2.45, 2.75) is 122 Å². The summed E-state index contributed by atoms with van der Waals surface area (Å²) in [6, 6.07) is 0. The molecular weight excluding hydrogens is 348 g/mol. The van der Waals surface area contributed by atoms with Crippen LogP contribution in [0.2, 0.25) is 0 Å². The van der Waals surface area contributed by atoms with E-state index in [9.17, 15) is 13.5 Å². The van der Waals surface area contributed by atoms with Crippen molar-refractivity contribution in [3.05, 3.63) is 0 Å². The minimum absolute atomic E-state index is 0.0790. The van der Waals surface area contributed by atoms with Crippen LogP contribution in [0.5, 0.6) is 0 Å². The van der Waals surface area contributed by atoms with Crippen LogP contribution in [0.3, 0.4) is 0 Å². The van der Waals surface area contributed by atoms with Crippen molar-refractivity contribution in [3.8, 4) is 11.2 Å². The average Bonchev–Trinajstić information content (AvgIpc) is 2.58. The van der Waals surface area contributed by atoms with Crippen LogP contribution in [0.4, 0.5) is 0 Å². The zero-order chi connectivity index (χ0) is 19.5. The maximum atomic E-state index is 10.4. The molecule has 0 aromatic carbocycles. The van der Waals surface area contributed by atoms with Gasteiger partial charge < -0.3 is 5.11 Å². The molecule has 0 aliphatic rings. The molecule has 0 aliphatic heterocycles. The second-order valence-corrected chi connectivity index (χ2v) is 8.49. The molecule has 154 valence electrons. The summed E-state index contributed by atoms with van der Waals surface area (Å²) in [6.45, 7) is 2.17. The molecule has 0 amide bonds. The van der Waals surface area contributed by atoms with E-state index in [-0.39, 0.29) is 6.10 Å². The number of aliphatic hydroxyl groups excluding tert-OH is 1. The van der Waals surface area contributed by atoms with E-state index in [1.165, 1.54) is 70.6 Å². The Hall–Kier alpha value is -0.570. The van der Waals surface area contributed by atoms with Crippen molar-refractivity contribution >= 4 is 10.1 Å². The highest BCUT2D eigenvalue weighted by Crippen LogP contribution is 2.14. The highest BCUT2D eigenvalue weighted by Gasteiger charge is 2.02. The van der Waals surface area contributed by atoms with E-state index in [0.29, 0.717) is 6.42 Å². The lowest BCUT2D eigenvalue weighted by Gasteiger charge is -2.09. The second kappa shape index (κ2) is 17.8. The quantitative estimate of drug-likeness (QED) is 0.186. The summed E-state index contributed by atoms with van der Waals surface area (Å²) < 4.78 is 29.3. The van der Waals surface area contributed by atoms with E-state index in [1.54, 1.807) is 0 Å². The molecule has 2 N–H and O–H groups in total. The Balaban J connectivity index is 3.19. The average molecular weight is 389 g/mol. The van der Waals surface area contributed by atoms with Gasteiger partial charge in [0.2, 0.25) is 0 Å². The first-order valence-corrected chi connectivity index (χ1v) is 12.0. The normalized spacial score (nSPS) is 12.6. The Morgan fingerprint density at radius 3 is 1.62 bits per heavy atom. The van der Waals surface area contributed by atoms with Gasteiger partial charge >= 0.3 is 10.1 Å². The first-order chi connectivity index (χ1) is 12.5. The van der Waals surface area contributed by atoms with Crippen molar-refractivity contribution in [1.29, 1.82) is 0 Å². The Kier molecular flexibility index (Phi) is 17.4. The zero-order valence-corrected chi connectivity index (χ0v) is 17.5. The molecule has 0 aromatic rings. The summed E-state index contributed by atoms with van der Waals surface area (Å²) in [5.74, 6) is 2.48. The van der Waals surface area contributed by atoms with Gasteiger partial charge in [0, 0.05) is 6.42 Å². The summed E-state index contributed by atoms with van der Waals surface area (Å²) in [7, 11) is -4.12. The van der Waals surface area contributed by atoms with Gasteiger partial charge in [0.1, 0.15) is 0 Å². The first kappa shape index (κ1) is 25.4. The Labute approximate surface area is 161 Å². The van der Waals surface area contributed by atoms with Gasteiger partial charge in [0.25, 0.3) is 0 Å². The monoisotopic (exact) mass is 388 g/mol.